The number of para-hydroxylation sites is 1. The zero-order valence-corrected chi connectivity index (χ0v) is 20.2. The number of halogens is 1. The van der Waals surface area contributed by atoms with Gasteiger partial charge in [0.2, 0.25) is 11.9 Å². The van der Waals surface area contributed by atoms with Gasteiger partial charge in [0.1, 0.15) is 5.75 Å². The molecule has 1 fully saturated rings. The van der Waals surface area contributed by atoms with Gasteiger partial charge in [0.25, 0.3) is 0 Å². The smallest absolute Gasteiger partial charge is 0.232 e. The molecule has 8 nitrogen and oxygen atoms in total. The molecule has 0 bridgehead atoms. The molecular weight excluding hydrogens is 462 g/mol. The van der Waals surface area contributed by atoms with Crippen molar-refractivity contribution >= 4 is 40.9 Å². The molecule has 174 valence electrons. The molecule has 4 rings (SSSR count). The molecule has 0 saturated carbocycles. The summed E-state index contributed by atoms with van der Waals surface area (Å²) < 4.78 is 12.9. The van der Waals surface area contributed by atoms with E-state index in [4.69, 9.17) is 21.1 Å². The van der Waals surface area contributed by atoms with Crippen LogP contribution in [-0.2, 0) is 9.53 Å². The third-order valence-corrected chi connectivity index (χ3v) is 6.43. The predicted molar refractivity (Wildman–Crippen MR) is 131 cm³/mol. The second-order valence-corrected chi connectivity index (χ2v) is 8.99. The molecule has 0 unspecified atom stereocenters. The average molecular weight is 488 g/mol. The van der Waals surface area contributed by atoms with Crippen LogP contribution in [0.1, 0.15) is 12.0 Å². The molecule has 1 aromatic heterocycles. The van der Waals surface area contributed by atoms with Crippen LogP contribution in [0.4, 0.5) is 11.6 Å². The molecular formula is C23H26ClN5O3S. The lowest BCUT2D eigenvalue weighted by Crippen LogP contribution is -2.38. The maximum atomic E-state index is 12.6. The topological polar surface area (TPSA) is 81.5 Å². The quantitative estimate of drug-likeness (QED) is 0.477. The van der Waals surface area contributed by atoms with Gasteiger partial charge >= 0.3 is 0 Å². The Morgan fingerprint density at radius 3 is 2.76 bits per heavy atom. The summed E-state index contributed by atoms with van der Waals surface area (Å²) in [5.41, 5.74) is 2.71. The fourth-order valence-electron chi connectivity index (χ4n) is 3.57. The molecule has 0 radical (unpaired) electrons. The van der Waals surface area contributed by atoms with Crippen molar-refractivity contribution in [2.75, 3.05) is 49.4 Å². The van der Waals surface area contributed by atoms with Crippen LogP contribution in [0, 0.1) is 6.92 Å². The van der Waals surface area contributed by atoms with E-state index in [1.165, 1.54) is 11.8 Å². The minimum absolute atomic E-state index is 0.126. The van der Waals surface area contributed by atoms with E-state index < -0.39 is 0 Å². The number of rotatable bonds is 8. The number of carbonyl (C=O) groups is 1. The van der Waals surface area contributed by atoms with Crippen molar-refractivity contribution < 1.29 is 14.3 Å². The molecule has 2 heterocycles. The van der Waals surface area contributed by atoms with Crippen LogP contribution in [0.5, 0.6) is 5.75 Å². The number of ether oxygens (including phenoxy) is 2. The summed E-state index contributed by atoms with van der Waals surface area (Å²) in [6.45, 7) is 4.92. The number of aryl methyl sites for hydroxylation is 1. The SMILES string of the molecule is COc1ccc(Cl)cc1NC(=O)CCSc1nnc(N2CCOCC2)n1-c1ccccc1C. The molecule has 1 saturated heterocycles. The number of methoxy groups -OCH3 is 1. The van der Waals surface area contributed by atoms with Gasteiger partial charge in [0.05, 0.1) is 31.7 Å². The van der Waals surface area contributed by atoms with Gasteiger partial charge in [-0.1, -0.05) is 41.6 Å². The summed E-state index contributed by atoms with van der Waals surface area (Å²) in [5.74, 6) is 1.78. The number of nitrogens with one attached hydrogen (secondary N) is 1. The summed E-state index contributed by atoms with van der Waals surface area (Å²) in [4.78, 5) is 14.7. The number of benzene rings is 2. The summed E-state index contributed by atoms with van der Waals surface area (Å²) in [6.07, 6.45) is 0.299. The van der Waals surface area contributed by atoms with E-state index in [2.05, 4.69) is 44.0 Å². The highest BCUT2D eigenvalue weighted by molar-refractivity contribution is 7.99. The van der Waals surface area contributed by atoms with E-state index in [0.29, 0.717) is 41.8 Å². The van der Waals surface area contributed by atoms with Crippen LogP contribution in [0.3, 0.4) is 0 Å². The van der Waals surface area contributed by atoms with Gasteiger partial charge in [-0.2, -0.15) is 0 Å². The molecule has 1 aliphatic heterocycles. The van der Waals surface area contributed by atoms with E-state index in [1.807, 2.05) is 12.1 Å². The second kappa shape index (κ2) is 10.9. The summed E-state index contributed by atoms with van der Waals surface area (Å²) >= 11 is 7.56. The van der Waals surface area contributed by atoms with E-state index in [-0.39, 0.29) is 5.91 Å². The van der Waals surface area contributed by atoms with Crippen LogP contribution < -0.4 is 15.0 Å². The molecule has 10 heteroatoms. The van der Waals surface area contributed by atoms with Crippen LogP contribution in [-0.4, -0.2) is 59.8 Å². The normalized spacial score (nSPS) is 13.7. The first-order valence-electron chi connectivity index (χ1n) is 10.7. The Bertz CT molecular complexity index is 1120. The van der Waals surface area contributed by atoms with Crippen molar-refractivity contribution in [2.45, 2.75) is 18.5 Å². The number of amides is 1. The Morgan fingerprint density at radius 2 is 2.00 bits per heavy atom. The summed E-state index contributed by atoms with van der Waals surface area (Å²) in [6, 6.07) is 13.3. The van der Waals surface area contributed by atoms with Gasteiger partial charge in [-0.15, -0.1) is 10.2 Å². The van der Waals surface area contributed by atoms with E-state index in [9.17, 15) is 4.79 Å². The van der Waals surface area contributed by atoms with Crippen LogP contribution in [0.2, 0.25) is 5.02 Å². The van der Waals surface area contributed by atoms with Crippen molar-refractivity contribution in [3.63, 3.8) is 0 Å². The zero-order chi connectivity index (χ0) is 23.2. The number of aromatic nitrogens is 3. The zero-order valence-electron chi connectivity index (χ0n) is 18.6. The standard InChI is InChI=1S/C23H26ClN5O3S/c1-16-5-3-4-6-19(16)29-22(28-10-12-32-13-11-28)26-27-23(29)33-14-9-21(30)25-18-15-17(24)7-8-20(18)31-2/h3-8,15H,9-14H2,1-2H3,(H,25,30). The summed E-state index contributed by atoms with van der Waals surface area (Å²) in [7, 11) is 1.55. The lowest BCUT2D eigenvalue weighted by molar-refractivity contribution is -0.115. The number of carbonyl (C=O) groups excluding carboxylic acids is 1. The van der Waals surface area contributed by atoms with Gasteiger partial charge in [0, 0.05) is 30.3 Å². The van der Waals surface area contributed by atoms with E-state index in [1.54, 1.807) is 25.3 Å². The second-order valence-electron chi connectivity index (χ2n) is 7.50. The Hall–Kier alpha value is -2.75. The number of thioether (sulfide) groups is 1. The molecule has 1 aliphatic rings. The minimum atomic E-state index is -0.126. The molecule has 0 aliphatic carbocycles. The van der Waals surface area contributed by atoms with Gasteiger partial charge in [-0.25, -0.2) is 0 Å². The van der Waals surface area contributed by atoms with Crippen molar-refractivity contribution in [1.82, 2.24) is 14.8 Å². The van der Waals surface area contributed by atoms with Crippen LogP contribution in [0.25, 0.3) is 5.69 Å². The van der Waals surface area contributed by atoms with Crippen molar-refractivity contribution in [3.05, 3.63) is 53.1 Å². The van der Waals surface area contributed by atoms with Crippen LogP contribution >= 0.6 is 23.4 Å². The lowest BCUT2D eigenvalue weighted by Gasteiger charge is -2.28. The maximum Gasteiger partial charge on any atom is 0.232 e. The highest BCUT2D eigenvalue weighted by Gasteiger charge is 2.22. The van der Waals surface area contributed by atoms with Gasteiger partial charge in [0.15, 0.2) is 5.16 Å². The molecule has 33 heavy (non-hydrogen) atoms. The Morgan fingerprint density at radius 1 is 1.21 bits per heavy atom. The van der Waals surface area contributed by atoms with Crippen molar-refractivity contribution in [1.29, 1.82) is 0 Å². The van der Waals surface area contributed by atoms with Gasteiger partial charge < -0.3 is 19.7 Å². The largest absolute Gasteiger partial charge is 0.495 e. The molecule has 0 spiro atoms. The lowest BCUT2D eigenvalue weighted by atomic mass is 10.2. The fraction of sp³-hybridized carbons (Fsp3) is 0.348. The first kappa shape index (κ1) is 23.4. The van der Waals surface area contributed by atoms with Gasteiger partial charge in [-0.05, 0) is 36.8 Å². The third-order valence-electron chi connectivity index (χ3n) is 5.26. The molecule has 2 aromatic carbocycles. The summed E-state index contributed by atoms with van der Waals surface area (Å²) in [5, 5.41) is 13.1. The maximum absolute atomic E-state index is 12.6. The number of morpholine rings is 1. The first-order valence-corrected chi connectivity index (χ1v) is 12.0. The molecule has 0 atom stereocenters. The third kappa shape index (κ3) is 5.61. The molecule has 3 aromatic rings. The highest BCUT2D eigenvalue weighted by atomic mass is 35.5. The number of anilines is 2. The molecule has 1 amide bonds. The first-order chi connectivity index (χ1) is 16.1. The van der Waals surface area contributed by atoms with Gasteiger partial charge in [-0.3, -0.25) is 9.36 Å². The fourth-order valence-corrected chi connectivity index (χ4v) is 4.62. The Labute approximate surface area is 202 Å². The number of nitrogens with zero attached hydrogens (tertiary/aromatic N) is 4. The Balaban J connectivity index is 1.48. The highest BCUT2D eigenvalue weighted by Crippen LogP contribution is 2.30. The van der Waals surface area contributed by atoms with Crippen molar-refractivity contribution in [2.24, 2.45) is 0 Å². The van der Waals surface area contributed by atoms with E-state index >= 15 is 0 Å². The minimum Gasteiger partial charge on any atom is -0.495 e. The Kier molecular flexibility index (Phi) is 7.74. The average Bonchev–Trinajstić information content (AvgIpc) is 3.24. The monoisotopic (exact) mass is 487 g/mol. The molecule has 1 N–H and O–H groups in total. The predicted octanol–water partition coefficient (Wildman–Crippen LogP) is 4.20. The van der Waals surface area contributed by atoms with Crippen molar-refractivity contribution in [3.8, 4) is 11.4 Å². The number of hydrogen-bond donors (Lipinski definition) is 1. The van der Waals surface area contributed by atoms with E-state index in [0.717, 1.165) is 35.4 Å². The van der Waals surface area contributed by atoms with Crippen LogP contribution in [0.15, 0.2) is 47.6 Å². The number of hydrogen-bond acceptors (Lipinski definition) is 7.